The number of aryl methyl sites for hydroxylation is 1. The maximum absolute atomic E-state index is 11.4. The molecule has 0 aliphatic rings. The zero-order valence-corrected chi connectivity index (χ0v) is 10.7. The van der Waals surface area contributed by atoms with Gasteiger partial charge in [-0.3, -0.25) is 9.36 Å². The molecular formula is C9H13N4O5P. The number of imidazole rings is 1. The van der Waals surface area contributed by atoms with Crippen LogP contribution >= 0.6 is 7.60 Å². The van der Waals surface area contributed by atoms with Gasteiger partial charge in [-0.2, -0.15) is 0 Å². The van der Waals surface area contributed by atoms with Gasteiger partial charge in [-0.15, -0.1) is 0 Å². The first-order valence-corrected chi connectivity index (χ1v) is 7.28. The molecule has 0 aliphatic carbocycles. The predicted molar refractivity (Wildman–Crippen MR) is 65.7 cm³/mol. The van der Waals surface area contributed by atoms with Crippen molar-refractivity contribution in [3.63, 3.8) is 0 Å². The molecule has 2 heterocycles. The Kier molecular flexibility index (Phi) is 3.81. The third kappa shape index (κ3) is 3.48. The molecule has 10 heteroatoms. The molecule has 4 N–H and O–H groups in total. The van der Waals surface area contributed by atoms with Crippen LogP contribution in [0.1, 0.15) is 6.42 Å². The van der Waals surface area contributed by atoms with Crippen molar-refractivity contribution < 1.29 is 19.5 Å². The number of aromatic amines is 1. The summed E-state index contributed by atoms with van der Waals surface area (Å²) in [6.45, 7) is 0.258. The van der Waals surface area contributed by atoms with E-state index < -0.39 is 19.9 Å². The zero-order chi connectivity index (χ0) is 14.0. The average Bonchev–Trinajstić information content (AvgIpc) is 2.69. The summed E-state index contributed by atoms with van der Waals surface area (Å²) >= 11 is 0. The zero-order valence-electron chi connectivity index (χ0n) is 9.80. The van der Waals surface area contributed by atoms with Crippen LogP contribution < -0.4 is 5.56 Å². The number of hydrogen-bond donors (Lipinski definition) is 4. The topological polar surface area (TPSA) is 141 Å². The van der Waals surface area contributed by atoms with Gasteiger partial charge in [0.15, 0.2) is 11.2 Å². The largest absolute Gasteiger partial charge is 0.392 e. The van der Waals surface area contributed by atoms with Crippen LogP contribution in [0.15, 0.2) is 17.4 Å². The lowest BCUT2D eigenvalue weighted by Crippen LogP contribution is -2.16. The van der Waals surface area contributed by atoms with Crippen LogP contribution in [0.3, 0.4) is 0 Å². The first-order valence-electron chi connectivity index (χ1n) is 5.48. The molecule has 0 radical (unpaired) electrons. The lowest BCUT2D eigenvalue weighted by molar-refractivity contribution is 0.173. The minimum Gasteiger partial charge on any atom is -0.392 e. The Labute approximate surface area is 107 Å². The van der Waals surface area contributed by atoms with Crippen molar-refractivity contribution in [1.29, 1.82) is 0 Å². The van der Waals surface area contributed by atoms with Gasteiger partial charge in [-0.1, -0.05) is 0 Å². The van der Waals surface area contributed by atoms with E-state index in [9.17, 15) is 14.5 Å². The van der Waals surface area contributed by atoms with Gasteiger partial charge < -0.3 is 24.4 Å². The van der Waals surface area contributed by atoms with Gasteiger partial charge in [0.25, 0.3) is 5.56 Å². The smallest absolute Gasteiger partial charge is 0.328 e. The van der Waals surface area contributed by atoms with Gasteiger partial charge in [-0.05, 0) is 6.42 Å². The summed E-state index contributed by atoms with van der Waals surface area (Å²) < 4.78 is 12.3. The number of hydrogen-bond acceptors (Lipinski definition) is 5. The Balaban J connectivity index is 2.09. The lowest BCUT2D eigenvalue weighted by Gasteiger charge is -2.11. The van der Waals surface area contributed by atoms with Crippen molar-refractivity contribution in [3.8, 4) is 0 Å². The molecule has 0 saturated heterocycles. The highest BCUT2D eigenvalue weighted by Gasteiger charge is 2.19. The Morgan fingerprint density at radius 3 is 2.84 bits per heavy atom. The predicted octanol–water partition coefficient (Wildman–Crippen LogP) is -0.952. The first kappa shape index (κ1) is 13.9. The molecule has 0 aliphatic heterocycles. The molecule has 1 atom stereocenters. The molecule has 2 aromatic rings. The number of rotatable bonds is 5. The number of aromatic nitrogens is 4. The van der Waals surface area contributed by atoms with Gasteiger partial charge in [-0.25, -0.2) is 9.97 Å². The van der Waals surface area contributed by atoms with Crippen molar-refractivity contribution in [2.24, 2.45) is 0 Å². The van der Waals surface area contributed by atoms with Gasteiger partial charge in [0.05, 0.1) is 24.9 Å². The Morgan fingerprint density at radius 2 is 2.16 bits per heavy atom. The minimum atomic E-state index is -4.23. The van der Waals surface area contributed by atoms with Gasteiger partial charge in [0, 0.05) is 6.54 Å². The van der Waals surface area contributed by atoms with Crippen LogP contribution in [-0.2, 0) is 11.1 Å². The van der Waals surface area contributed by atoms with E-state index in [1.54, 1.807) is 4.57 Å². The van der Waals surface area contributed by atoms with Crippen molar-refractivity contribution >= 4 is 18.8 Å². The van der Waals surface area contributed by atoms with Crippen molar-refractivity contribution in [3.05, 3.63) is 23.0 Å². The van der Waals surface area contributed by atoms with Crippen molar-refractivity contribution in [2.75, 3.05) is 6.16 Å². The quantitative estimate of drug-likeness (QED) is 0.519. The van der Waals surface area contributed by atoms with E-state index in [-0.39, 0.29) is 24.0 Å². The summed E-state index contributed by atoms with van der Waals surface area (Å²) in [5.74, 6) is 0. The van der Waals surface area contributed by atoms with Crippen LogP contribution in [0.5, 0.6) is 0 Å². The Hall–Kier alpha value is -1.54. The standard InChI is InChI=1S/C9H13N4O5P/c14-6(3-19(16,17)18)1-2-13-5-12-7-8(13)10-4-11-9(7)15/h4-6,14H,1-3H2,(H,10,11,15)(H2,16,17,18)/t6-/m1/s1. The number of H-pyrrole nitrogens is 1. The first-order chi connectivity index (χ1) is 8.87. The van der Waals surface area contributed by atoms with E-state index in [1.165, 1.54) is 12.7 Å². The highest BCUT2D eigenvalue weighted by Crippen LogP contribution is 2.35. The molecule has 0 amide bonds. The molecule has 0 saturated carbocycles. The Bertz CT molecular complexity index is 675. The highest BCUT2D eigenvalue weighted by molar-refractivity contribution is 7.51. The SMILES string of the molecule is O=c1[nH]cnc2c1ncn2CC[C@@H](O)CP(=O)(O)O. The number of nitrogens with one attached hydrogen (secondary N) is 1. The number of nitrogens with zero attached hydrogens (tertiary/aromatic N) is 3. The maximum atomic E-state index is 11.4. The molecule has 0 bridgehead atoms. The molecule has 0 fully saturated rings. The van der Waals surface area contributed by atoms with Crippen LogP contribution in [0.2, 0.25) is 0 Å². The number of fused-ring (bicyclic) bond motifs is 1. The average molecular weight is 288 g/mol. The van der Waals surface area contributed by atoms with E-state index >= 15 is 0 Å². The maximum Gasteiger partial charge on any atom is 0.328 e. The highest BCUT2D eigenvalue weighted by atomic mass is 31.2. The fraction of sp³-hybridized carbons (Fsp3) is 0.444. The lowest BCUT2D eigenvalue weighted by atomic mass is 10.3. The van der Waals surface area contributed by atoms with Crippen LogP contribution in [0.25, 0.3) is 11.2 Å². The van der Waals surface area contributed by atoms with Gasteiger partial charge in [0.1, 0.15) is 0 Å². The summed E-state index contributed by atoms with van der Waals surface area (Å²) in [4.78, 5) is 39.1. The fourth-order valence-corrected chi connectivity index (χ4v) is 2.44. The van der Waals surface area contributed by atoms with E-state index in [0.717, 1.165) is 0 Å². The molecule has 0 unspecified atom stereocenters. The normalized spacial score (nSPS) is 13.8. The summed E-state index contributed by atoms with van der Waals surface area (Å²) in [7, 11) is -4.23. The van der Waals surface area contributed by atoms with Gasteiger partial charge >= 0.3 is 7.60 Å². The fourth-order valence-electron chi connectivity index (χ4n) is 1.71. The van der Waals surface area contributed by atoms with Crippen LogP contribution in [0, 0.1) is 0 Å². The molecular weight excluding hydrogens is 275 g/mol. The van der Waals surface area contributed by atoms with Crippen molar-refractivity contribution in [1.82, 2.24) is 19.5 Å². The van der Waals surface area contributed by atoms with Crippen LogP contribution in [-0.4, -0.2) is 46.7 Å². The van der Waals surface area contributed by atoms with E-state index in [4.69, 9.17) is 9.79 Å². The van der Waals surface area contributed by atoms with Crippen molar-refractivity contribution in [2.45, 2.75) is 19.1 Å². The summed E-state index contributed by atoms with van der Waals surface area (Å²) in [6.07, 6.45) is 1.06. The molecule has 0 aromatic carbocycles. The van der Waals surface area contributed by atoms with Gasteiger partial charge in [0.2, 0.25) is 0 Å². The van der Waals surface area contributed by atoms with E-state index in [0.29, 0.717) is 5.65 Å². The third-order valence-electron chi connectivity index (χ3n) is 2.56. The summed E-state index contributed by atoms with van der Waals surface area (Å²) in [5.41, 5.74) is 0.193. The number of aliphatic hydroxyl groups excluding tert-OH is 1. The van der Waals surface area contributed by atoms with Crippen LogP contribution in [0.4, 0.5) is 0 Å². The minimum absolute atomic E-state index is 0.130. The third-order valence-corrected chi connectivity index (χ3v) is 3.46. The molecule has 2 aromatic heterocycles. The molecule has 19 heavy (non-hydrogen) atoms. The monoisotopic (exact) mass is 288 g/mol. The second kappa shape index (κ2) is 5.22. The molecule has 2 rings (SSSR count). The Morgan fingerprint density at radius 1 is 1.42 bits per heavy atom. The second-order valence-corrected chi connectivity index (χ2v) is 5.83. The van der Waals surface area contributed by atoms with E-state index in [2.05, 4.69) is 15.0 Å². The second-order valence-electron chi connectivity index (χ2n) is 4.13. The molecule has 104 valence electrons. The number of aliphatic hydroxyl groups is 1. The summed E-state index contributed by atoms with van der Waals surface area (Å²) in [6, 6.07) is 0. The summed E-state index contributed by atoms with van der Waals surface area (Å²) in [5, 5.41) is 9.50. The van der Waals surface area contributed by atoms with E-state index in [1.807, 2.05) is 0 Å². The molecule has 0 spiro atoms. The molecule has 9 nitrogen and oxygen atoms in total.